The van der Waals surface area contributed by atoms with Crippen LogP contribution in [0, 0.1) is 0 Å². The Morgan fingerprint density at radius 1 is 0.882 bits per heavy atom. The molecule has 0 bridgehead atoms. The van der Waals surface area contributed by atoms with Crippen LogP contribution in [-0.2, 0) is 0 Å². The highest BCUT2D eigenvalue weighted by atomic mass is 16.5. The average molecular weight is 228 g/mol. The number of hydrogen-bond acceptors (Lipinski definition) is 2. The van der Waals surface area contributed by atoms with Crippen molar-refractivity contribution < 1.29 is 9.84 Å². The first-order valence-electron chi connectivity index (χ1n) is 5.74. The van der Waals surface area contributed by atoms with E-state index in [9.17, 15) is 5.11 Å². The van der Waals surface area contributed by atoms with Gasteiger partial charge in [-0.25, -0.2) is 0 Å². The highest BCUT2D eigenvalue weighted by molar-refractivity contribution is 5.23. The second-order valence-corrected chi connectivity index (χ2v) is 3.91. The molecule has 0 aliphatic carbocycles. The molecule has 1 unspecified atom stereocenters. The highest BCUT2D eigenvalue weighted by Crippen LogP contribution is 2.17. The van der Waals surface area contributed by atoms with E-state index in [1.54, 1.807) is 0 Å². The lowest BCUT2D eigenvalue weighted by atomic mass is 10.0. The molecule has 88 valence electrons. The minimum absolute atomic E-state index is 0.0245. The molecule has 1 atom stereocenters. The maximum atomic E-state index is 9.38. The normalized spacial score (nSPS) is 12.1. The van der Waals surface area contributed by atoms with Crippen molar-refractivity contribution in [3.05, 3.63) is 66.2 Å². The minimum atomic E-state index is 0.0245. The van der Waals surface area contributed by atoms with Crippen molar-refractivity contribution in [2.45, 2.75) is 5.92 Å². The van der Waals surface area contributed by atoms with Crippen LogP contribution in [0.15, 0.2) is 60.7 Å². The summed E-state index contributed by atoms with van der Waals surface area (Å²) in [6.07, 6.45) is 0. The van der Waals surface area contributed by atoms with E-state index in [0.29, 0.717) is 6.61 Å². The van der Waals surface area contributed by atoms with Crippen LogP contribution in [0.25, 0.3) is 0 Å². The molecule has 0 heterocycles. The molecule has 0 aliphatic rings. The molecule has 2 rings (SSSR count). The van der Waals surface area contributed by atoms with Crippen molar-refractivity contribution in [1.82, 2.24) is 0 Å². The summed E-state index contributed by atoms with van der Waals surface area (Å²) in [4.78, 5) is 0. The number of rotatable bonds is 5. The molecule has 2 heteroatoms. The predicted octanol–water partition coefficient (Wildman–Crippen LogP) is 2.84. The van der Waals surface area contributed by atoms with Gasteiger partial charge in [0.05, 0.1) is 13.2 Å². The molecule has 0 spiro atoms. The van der Waals surface area contributed by atoms with Gasteiger partial charge in [-0.2, -0.15) is 0 Å². The third kappa shape index (κ3) is 3.33. The quantitative estimate of drug-likeness (QED) is 0.852. The summed E-state index contributed by atoms with van der Waals surface area (Å²) in [5.41, 5.74) is 1.10. The minimum Gasteiger partial charge on any atom is -0.493 e. The van der Waals surface area contributed by atoms with Crippen LogP contribution in [0.1, 0.15) is 11.5 Å². The van der Waals surface area contributed by atoms with Crippen LogP contribution in [0.4, 0.5) is 0 Å². The van der Waals surface area contributed by atoms with Crippen LogP contribution in [0.3, 0.4) is 0 Å². The van der Waals surface area contributed by atoms with Gasteiger partial charge in [0.2, 0.25) is 0 Å². The Labute approximate surface area is 101 Å². The van der Waals surface area contributed by atoms with E-state index in [-0.39, 0.29) is 12.5 Å². The zero-order valence-electron chi connectivity index (χ0n) is 9.62. The summed E-state index contributed by atoms with van der Waals surface area (Å²) >= 11 is 0. The maximum Gasteiger partial charge on any atom is 0.119 e. The third-order valence-corrected chi connectivity index (χ3v) is 2.69. The number of ether oxygens (including phenoxy) is 1. The van der Waals surface area contributed by atoms with Crippen molar-refractivity contribution >= 4 is 0 Å². The molecule has 0 aromatic heterocycles. The second kappa shape index (κ2) is 6.06. The Morgan fingerprint density at radius 3 is 2.06 bits per heavy atom. The second-order valence-electron chi connectivity index (χ2n) is 3.91. The van der Waals surface area contributed by atoms with Crippen LogP contribution in [0.2, 0.25) is 0 Å². The van der Waals surface area contributed by atoms with Gasteiger partial charge < -0.3 is 9.84 Å². The first-order chi connectivity index (χ1) is 8.40. The van der Waals surface area contributed by atoms with Crippen LogP contribution in [0.5, 0.6) is 5.75 Å². The van der Waals surface area contributed by atoms with Gasteiger partial charge in [0.1, 0.15) is 5.75 Å². The predicted molar refractivity (Wildman–Crippen MR) is 68.2 cm³/mol. The number of para-hydroxylation sites is 1. The van der Waals surface area contributed by atoms with Gasteiger partial charge >= 0.3 is 0 Å². The Morgan fingerprint density at radius 2 is 1.47 bits per heavy atom. The van der Waals surface area contributed by atoms with E-state index in [4.69, 9.17) is 4.74 Å². The van der Waals surface area contributed by atoms with Crippen LogP contribution in [-0.4, -0.2) is 18.3 Å². The van der Waals surface area contributed by atoms with Gasteiger partial charge in [-0.3, -0.25) is 0 Å². The van der Waals surface area contributed by atoms with Crippen molar-refractivity contribution in [3.8, 4) is 5.75 Å². The summed E-state index contributed by atoms with van der Waals surface area (Å²) in [6.45, 7) is 0.585. The molecule has 0 saturated heterocycles. The zero-order chi connectivity index (χ0) is 11.9. The van der Waals surface area contributed by atoms with Crippen molar-refractivity contribution in [1.29, 1.82) is 0 Å². The highest BCUT2D eigenvalue weighted by Gasteiger charge is 2.10. The largest absolute Gasteiger partial charge is 0.493 e. The molecule has 2 aromatic carbocycles. The average Bonchev–Trinajstić information content (AvgIpc) is 2.42. The van der Waals surface area contributed by atoms with Crippen LogP contribution < -0.4 is 4.74 Å². The zero-order valence-corrected chi connectivity index (χ0v) is 9.62. The molecule has 0 aliphatic heterocycles. The molecule has 2 nitrogen and oxygen atoms in total. The van der Waals surface area contributed by atoms with E-state index in [2.05, 4.69) is 0 Å². The Kier molecular flexibility index (Phi) is 4.17. The topological polar surface area (TPSA) is 29.5 Å². The fraction of sp³-hybridized carbons (Fsp3) is 0.200. The number of hydrogen-bond donors (Lipinski definition) is 1. The van der Waals surface area contributed by atoms with Crippen molar-refractivity contribution in [2.75, 3.05) is 13.2 Å². The number of aliphatic hydroxyl groups excluding tert-OH is 1. The monoisotopic (exact) mass is 228 g/mol. The fourth-order valence-corrected chi connectivity index (χ4v) is 1.69. The lowest BCUT2D eigenvalue weighted by molar-refractivity contribution is 0.205. The van der Waals surface area contributed by atoms with Gasteiger partial charge in [0, 0.05) is 5.92 Å². The Hall–Kier alpha value is -1.80. The van der Waals surface area contributed by atoms with Gasteiger partial charge in [-0.1, -0.05) is 48.5 Å². The van der Waals surface area contributed by atoms with E-state index >= 15 is 0 Å². The molecular weight excluding hydrogens is 212 g/mol. The third-order valence-electron chi connectivity index (χ3n) is 2.69. The smallest absolute Gasteiger partial charge is 0.119 e. The Bertz CT molecular complexity index is 425. The Balaban J connectivity index is 1.97. The lowest BCUT2D eigenvalue weighted by Crippen LogP contribution is -2.14. The number of aliphatic hydroxyl groups is 1. The van der Waals surface area contributed by atoms with Gasteiger partial charge in [0.25, 0.3) is 0 Å². The molecule has 17 heavy (non-hydrogen) atoms. The SMILES string of the molecule is OCC(COc1ccccc1)c1ccccc1. The standard InChI is InChI=1S/C15H16O2/c16-11-14(13-7-3-1-4-8-13)12-17-15-9-5-2-6-10-15/h1-10,14,16H,11-12H2. The lowest BCUT2D eigenvalue weighted by Gasteiger charge is -2.15. The van der Waals surface area contributed by atoms with Gasteiger partial charge in [-0.15, -0.1) is 0 Å². The molecular formula is C15H16O2. The van der Waals surface area contributed by atoms with E-state index in [1.165, 1.54) is 0 Å². The summed E-state index contributed by atoms with van der Waals surface area (Å²) in [5, 5.41) is 9.38. The van der Waals surface area contributed by atoms with Crippen molar-refractivity contribution in [2.24, 2.45) is 0 Å². The molecule has 0 amide bonds. The van der Waals surface area contributed by atoms with Gasteiger partial charge in [-0.05, 0) is 17.7 Å². The maximum absolute atomic E-state index is 9.38. The summed E-state index contributed by atoms with van der Waals surface area (Å²) < 4.78 is 5.65. The van der Waals surface area contributed by atoms with Gasteiger partial charge in [0.15, 0.2) is 0 Å². The molecule has 2 aromatic rings. The van der Waals surface area contributed by atoms with E-state index in [0.717, 1.165) is 11.3 Å². The summed E-state index contributed by atoms with van der Waals surface area (Å²) in [5.74, 6) is 0.860. The molecule has 0 saturated carbocycles. The fourth-order valence-electron chi connectivity index (χ4n) is 1.69. The molecule has 1 N–H and O–H groups in total. The van der Waals surface area contributed by atoms with Crippen LogP contribution >= 0.6 is 0 Å². The van der Waals surface area contributed by atoms with E-state index < -0.39 is 0 Å². The molecule has 0 fully saturated rings. The first-order valence-corrected chi connectivity index (χ1v) is 5.74. The van der Waals surface area contributed by atoms with Crippen molar-refractivity contribution in [3.63, 3.8) is 0 Å². The summed E-state index contributed by atoms with van der Waals surface area (Å²) in [6, 6.07) is 19.6. The summed E-state index contributed by atoms with van der Waals surface area (Å²) in [7, 11) is 0. The first kappa shape index (κ1) is 11.7. The van der Waals surface area contributed by atoms with E-state index in [1.807, 2.05) is 60.7 Å². The molecule has 0 radical (unpaired) electrons. The number of benzene rings is 2.